The van der Waals surface area contributed by atoms with Crippen molar-refractivity contribution >= 4 is 39.3 Å². The minimum absolute atomic E-state index is 0.00824. The molecule has 320 valence electrons. The standard InChI is InChI=1S/C25H24BrNO4.C25H24ClNO4/c2*1-29-20-6-8-21(9-7-20)31-16-24-23-11-10-22(30-2)15-17(23)12-13-27(24)25(28)18-4-3-5-19(26)14-18/h2*3-11,14-15,24H,12-13,16H2,1-2H3. The first-order chi connectivity index (χ1) is 30.2. The topological polar surface area (TPSA) is 96.0 Å². The summed E-state index contributed by atoms with van der Waals surface area (Å²) in [6.45, 7) is 1.88. The Hall–Kier alpha value is -6.17. The molecule has 2 aliphatic rings. The van der Waals surface area contributed by atoms with Crippen molar-refractivity contribution in [3.8, 4) is 34.5 Å². The molecule has 62 heavy (non-hydrogen) atoms. The summed E-state index contributed by atoms with van der Waals surface area (Å²) in [7, 11) is 6.58. The molecule has 0 bridgehead atoms. The van der Waals surface area contributed by atoms with Crippen molar-refractivity contribution in [3.05, 3.63) is 176 Å². The molecule has 2 amide bonds. The number of fused-ring (bicyclic) bond motifs is 2. The molecule has 2 unspecified atom stereocenters. The van der Waals surface area contributed by atoms with Gasteiger partial charge in [-0.3, -0.25) is 9.59 Å². The Labute approximate surface area is 376 Å². The molecule has 0 aromatic heterocycles. The van der Waals surface area contributed by atoms with Gasteiger partial charge in [0.05, 0.1) is 40.5 Å². The van der Waals surface area contributed by atoms with Crippen LogP contribution in [0.4, 0.5) is 0 Å². The molecule has 2 atom stereocenters. The summed E-state index contributed by atoms with van der Waals surface area (Å²) in [5, 5.41) is 0.541. The van der Waals surface area contributed by atoms with E-state index in [0.29, 0.717) is 42.5 Å². The van der Waals surface area contributed by atoms with Crippen molar-refractivity contribution < 1.29 is 38.0 Å². The molecule has 0 fully saturated rings. The van der Waals surface area contributed by atoms with Crippen LogP contribution in [0.5, 0.6) is 34.5 Å². The first kappa shape index (κ1) is 43.9. The highest BCUT2D eigenvalue weighted by molar-refractivity contribution is 9.10. The first-order valence-corrected chi connectivity index (χ1v) is 21.4. The van der Waals surface area contributed by atoms with E-state index in [1.165, 1.54) is 5.56 Å². The minimum Gasteiger partial charge on any atom is -0.497 e. The predicted molar refractivity (Wildman–Crippen MR) is 244 cm³/mol. The van der Waals surface area contributed by atoms with Crippen LogP contribution in [-0.4, -0.2) is 76.4 Å². The number of carbonyl (C=O) groups is 2. The summed E-state index contributed by atoms with van der Waals surface area (Å²) >= 11 is 9.59. The molecular formula is C50H48BrClN2O8. The average Bonchev–Trinajstić information content (AvgIpc) is 3.32. The Morgan fingerprint density at radius 2 is 0.935 bits per heavy atom. The maximum atomic E-state index is 13.4. The largest absolute Gasteiger partial charge is 0.497 e. The van der Waals surface area contributed by atoms with Crippen molar-refractivity contribution in [1.29, 1.82) is 0 Å². The molecular weight excluding hydrogens is 872 g/mol. The predicted octanol–water partition coefficient (Wildman–Crippen LogP) is 10.5. The molecule has 0 saturated heterocycles. The summed E-state index contributed by atoms with van der Waals surface area (Å²) in [5.74, 6) is 4.55. The fraction of sp³-hybridized carbons (Fsp3) is 0.240. The van der Waals surface area contributed by atoms with Crippen molar-refractivity contribution in [2.24, 2.45) is 0 Å². The van der Waals surface area contributed by atoms with E-state index in [-0.39, 0.29) is 23.9 Å². The fourth-order valence-corrected chi connectivity index (χ4v) is 8.33. The van der Waals surface area contributed by atoms with Crippen LogP contribution in [0.15, 0.2) is 138 Å². The van der Waals surface area contributed by atoms with Gasteiger partial charge in [0.1, 0.15) is 47.7 Å². The number of rotatable bonds is 12. The van der Waals surface area contributed by atoms with Crippen LogP contribution in [0.2, 0.25) is 5.02 Å². The Bertz CT molecular complexity index is 2310. The number of benzene rings is 6. The quantitative estimate of drug-likeness (QED) is 0.120. The highest BCUT2D eigenvalue weighted by Crippen LogP contribution is 2.36. The van der Waals surface area contributed by atoms with Crippen molar-refractivity contribution in [2.75, 3.05) is 54.7 Å². The lowest BCUT2D eigenvalue weighted by atomic mass is 9.92. The summed E-state index contributed by atoms with van der Waals surface area (Å²) in [5.41, 5.74) is 5.72. The summed E-state index contributed by atoms with van der Waals surface area (Å²) in [6.07, 6.45) is 1.52. The SMILES string of the molecule is COc1ccc(OCC2c3ccc(OC)cc3CCN2C(=O)c2cccc(Br)c2)cc1.COc1ccc(OCC2c3ccc(OC)cc3CCN2C(=O)c2cccc(Cl)c2)cc1. The van der Waals surface area contributed by atoms with Crippen molar-refractivity contribution in [3.63, 3.8) is 0 Å². The van der Waals surface area contributed by atoms with Gasteiger partial charge in [-0.2, -0.15) is 0 Å². The van der Waals surface area contributed by atoms with Gasteiger partial charge in [-0.15, -0.1) is 0 Å². The summed E-state index contributed by atoms with van der Waals surface area (Å²) in [4.78, 5) is 30.5. The lowest BCUT2D eigenvalue weighted by molar-refractivity contribution is 0.0584. The van der Waals surface area contributed by atoms with Gasteiger partial charge in [0.15, 0.2) is 0 Å². The number of ether oxygens (including phenoxy) is 6. The number of carbonyl (C=O) groups excluding carboxylic acids is 2. The molecule has 2 heterocycles. The second kappa shape index (κ2) is 20.6. The van der Waals surface area contributed by atoms with E-state index >= 15 is 0 Å². The smallest absolute Gasteiger partial charge is 0.254 e. The highest BCUT2D eigenvalue weighted by atomic mass is 79.9. The molecule has 0 N–H and O–H groups in total. The van der Waals surface area contributed by atoms with E-state index in [9.17, 15) is 9.59 Å². The average molecular weight is 920 g/mol. The minimum atomic E-state index is -0.233. The van der Waals surface area contributed by atoms with E-state index in [2.05, 4.69) is 22.0 Å². The van der Waals surface area contributed by atoms with Gasteiger partial charge in [0, 0.05) is 33.7 Å². The van der Waals surface area contributed by atoms with Gasteiger partial charge in [0.25, 0.3) is 11.8 Å². The molecule has 0 aliphatic carbocycles. The van der Waals surface area contributed by atoms with Crippen LogP contribution in [0.25, 0.3) is 0 Å². The lowest BCUT2D eigenvalue weighted by Crippen LogP contribution is -2.42. The third kappa shape index (κ3) is 10.5. The van der Waals surface area contributed by atoms with Gasteiger partial charge in [-0.05, 0) is 144 Å². The number of nitrogens with zero attached hydrogens (tertiary/aromatic N) is 2. The number of amides is 2. The second-order valence-electron chi connectivity index (χ2n) is 14.7. The normalized spacial score (nSPS) is 15.2. The summed E-state index contributed by atoms with van der Waals surface area (Å²) in [6, 6.07) is 41.0. The van der Waals surface area contributed by atoms with Crippen LogP contribution < -0.4 is 28.4 Å². The van der Waals surface area contributed by atoms with E-state index in [4.69, 9.17) is 40.0 Å². The van der Waals surface area contributed by atoms with Crippen LogP contribution in [0.1, 0.15) is 55.1 Å². The van der Waals surface area contributed by atoms with Crippen molar-refractivity contribution in [2.45, 2.75) is 24.9 Å². The molecule has 0 radical (unpaired) electrons. The van der Waals surface area contributed by atoms with Gasteiger partial charge in [-0.1, -0.05) is 51.8 Å². The molecule has 0 saturated carbocycles. The van der Waals surface area contributed by atoms with Crippen LogP contribution in [0, 0.1) is 0 Å². The molecule has 10 nitrogen and oxygen atoms in total. The van der Waals surface area contributed by atoms with Gasteiger partial charge in [-0.25, -0.2) is 0 Å². The number of methoxy groups -OCH3 is 4. The van der Waals surface area contributed by atoms with Gasteiger partial charge in [0.2, 0.25) is 0 Å². The maximum absolute atomic E-state index is 13.4. The molecule has 2 aliphatic heterocycles. The third-order valence-corrected chi connectivity index (χ3v) is 11.7. The van der Waals surface area contributed by atoms with Gasteiger partial charge >= 0.3 is 0 Å². The second-order valence-corrected chi connectivity index (χ2v) is 16.0. The molecule has 0 spiro atoms. The molecule has 6 aromatic rings. The van der Waals surface area contributed by atoms with E-state index in [1.54, 1.807) is 52.7 Å². The molecule has 6 aromatic carbocycles. The maximum Gasteiger partial charge on any atom is 0.254 e. The fourth-order valence-electron chi connectivity index (χ4n) is 7.75. The Balaban J connectivity index is 0.000000186. The van der Waals surface area contributed by atoms with E-state index < -0.39 is 0 Å². The number of hydrogen-bond donors (Lipinski definition) is 0. The van der Waals surface area contributed by atoms with Gasteiger partial charge < -0.3 is 38.2 Å². The van der Waals surface area contributed by atoms with Crippen LogP contribution >= 0.6 is 27.5 Å². The first-order valence-electron chi connectivity index (χ1n) is 20.2. The Morgan fingerprint density at radius 3 is 1.35 bits per heavy atom. The van der Waals surface area contributed by atoms with E-state index in [1.807, 2.05) is 113 Å². The van der Waals surface area contributed by atoms with Crippen molar-refractivity contribution in [1.82, 2.24) is 9.80 Å². The Morgan fingerprint density at radius 1 is 0.532 bits per heavy atom. The third-order valence-electron chi connectivity index (χ3n) is 11.0. The Kier molecular flexibility index (Phi) is 14.6. The van der Waals surface area contributed by atoms with Crippen LogP contribution in [-0.2, 0) is 12.8 Å². The lowest BCUT2D eigenvalue weighted by Gasteiger charge is -2.37. The zero-order valence-corrected chi connectivity index (χ0v) is 37.4. The molecule has 12 heteroatoms. The highest BCUT2D eigenvalue weighted by Gasteiger charge is 2.34. The number of halogens is 2. The summed E-state index contributed by atoms with van der Waals surface area (Å²) < 4.78 is 34.3. The van der Waals surface area contributed by atoms with Crippen LogP contribution in [0.3, 0.4) is 0 Å². The zero-order chi connectivity index (χ0) is 43.6. The van der Waals surface area contributed by atoms with E-state index in [0.717, 1.165) is 68.5 Å². The number of hydrogen-bond acceptors (Lipinski definition) is 8. The molecule has 8 rings (SSSR count). The monoisotopic (exact) mass is 918 g/mol. The zero-order valence-electron chi connectivity index (χ0n) is 35.0.